The second kappa shape index (κ2) is 6.36. The molecule has 5 rings (SSSR count). The van der Waals surface area contributed by atoms with Crippen molar-refractivity contribution in [2.24, 2.45) is 4.99 Å². The Morgan fingerprint density at radius 3 is 2.14 bits per heavy atom. The molecule has 0 amide bonds. The van der Waals surface area contributed by atoms with Gasteiger partial charge in [-0.3, -0.25) is 9.79 Å². The Bertz CT molecular complexity index is 1290. The number of carbonyl (C=O) groups is 1. The van der Waals surface area contributed by atoms with Gasteiger partial charge in [-0.25, -0.2) is 8.42 Å². The van der Waals surface area contributed by atoms with Gasteiger partial charge in [-0.15, -0.1) is 0 Å². The van der Waals surface area contributed by atoms with Crippen LogP contribution in [0.15, 0.2) is 99.7 Å². The zero-order valence-electron chi connectivity index (χ0n) is 15.4. The molecule has 0 aromatic heterocycles. The molecule has 0 saturated heterocycles. The maximum Gasteiger partial charge on any atom is 0.210 e. The van der Waals surface area contributed by atoms with Crippen molar-refractivity contribution in [1.82, 2.24) is 0 Å². The monoisotopic (exact) mass is 399 g/mol. The first-order valence-corrected chi connectivity index (χ1v) is 10.8. The molecule has 5 heteroatoms. The fraction of sp³-hybridized carbons (Fsp3) is 0.0833. The van der Waals surface area contributed by atoms with Crippen LogP contribution in [0.3, 0.4) is 0 Å². The number of carbonyl (C=O) groups excluding carboxylic acids is 1. The number of ketones is 1. The van der Waals surface area contributed by atoms with Gasteiger partial charge in [0.1, 0.15) is 4.91 Å². The Morgan fingerprint density at radius 1 is 0.793 bits per heavy atom. The van der Waals surface area contributed by atoms with Crippen molar-refractivity contribution in [3.63, 3.8) is 0 Å². The van der Waals surface area contributed by atoms with Crippen molar-refractivity contribution in [1.29, 1.82) is 0 Å². The summed E-state index contributed by atoms with van der Waals surface area (Å²) < 4.78 is 27.1. The summed E-state index contributed by atoms with van der Waals surface area (Å²) in [6.45, 7) is 0. The lowest BCUT2D eigenvalue weighted by Crippen LogP contribution is -2.25. The second-order valence-corrected chi connectivity index (χ2v) is 9.12. The van der Waals surface area contributed by atoms with Crippen LogP contribution < -0.4 is 0 Å². The average Bonchev–Trinajstić information content (AvgIpc) is 3.27. The minimum atomic E-state index is -3.98. The van der Waals surface area contributed by atoms with Gasteiger partial charge in [-0.1, -0.05) is 66.7 Å². The van der Waals surface area contributed by atoms with Crippen LogP contribution in [0.5, 0.6) is 0 Å². The molecule has 3 aromatic rings. The molecule has 1 aliphatic heterocycles. The van der Waals surface area contributed by atoms with Gasteiger partial charge in [-0.2, -0.15) is 0 Å². The molecule has 1 heterocycles. The number of sulfone groups is 1. The lowest BCUT2D eigenvalue weighted by atomic mass is 9.74. The van der Waals surface area contributed by atoms with Crippen molar-refractivity contribution in [3.05, 3.63) is 101 Å². The number of Topliss-reactive ketones (excluding diaryl/α,β-unsaturated/α-hetero) is 1. The van der Waals surface area contributed by atoms with E-state index >= 15 is 0 Å². The van der Waals surface area contributed by atoms with Crippen LogP contribution in [0.4, 0.5) is 5.69 Å². The largest absolute Gasteiger partial charge is 0.293 e. The third kappa shape index (κ3) is 2.54. The molecular formula is C24H17NO3S. The fourth-order valence-electron chi connectivity index (χ4n) is 4.31. The summed E-state index contributed by atoms with van der Waals surface area (Å²) in [5.74, 6) is -0.379. The first-order chi connectivity index (χ1) is 14.0. The summed E-state index contributed by atoms with van der Waals surface area (Å²) in [7, 11) is -3.98. The van der Waals surface area contributed by atoms with Crippen molar-refractivity contribution < 1.29 is 13.2 Å². The number of hydrogen-bond acceptors (Lipinski definition) is 4. The van der Waals surface area contributed by atoms with E-state index in [1.165, 1.54) is 12.1 Å². The number of aliphatic imine (C=N–C) groups is 1. The third-order valence-corrected chi connectivity index (χ3v) is 7.42. The predicted octanol–water partition coefficient (Wildman–Crippen LogP) is 4.50. The highest BCUT2D eigenvalue weighted by Crippen LogP contribution is 2.54. The van der Waals surface area contributed by atoms with Crippen LogP contribution in [0, 0.1) is 0 Å². The zero-order valence-corrected chi connectivity index (χ0v) is 16.3. The molecule has 0 bridgehead atoms. The number of fused-ring (bicyclic) bond motifs is 2. The Morgan fingerprint density at radius 2 is 1.41 bits per heavy atom. The van der Waals surface area contributed by atoms with Gasteiger partial charge in [0, 0.05) is 12.6 Å². The Balaban J connectivity index is 1.86. The van der Waals surface area contributed by atoms with Crippen LogP contribution in [0.1, 0.15) is 17.5 Å². The number of hydrogen-bond donors (Lipinski definition) is 0. The average molecular weight is 399 g/mol. The van der Waals surface area contributed by atoms with Crippen LogP contribution >= 0.6 is 0 Å². The minimum Gasteiger partial charge on any atom is -0.293 e. The van der Waals surface area contributed by atoms with Crippen LogP contribution in [0.25, 0.3) is 5.57 Å². The number of rotatable bonds is 3. The molecule has 0 fully saturated rings. The molecule has 1 unspecified atom stereocenters. The molecule has 3 aromatic carbocycles. The van der Waals surface area contributed by atoms with E-state index in [4.69, 9.17) is 0 Å². The number of nitrogens with zero attached hydrogens (tertiary/aromatic N) is 1. The standard InChI is InChI=1S/C24H17NO3S/c26-21-15-24(16-25-20-14-8-7-13-19(20)24)22(17-9-3-1-4-10-17)23(21)29(27,28)18-11-5-2-6-12-18/h1-14,16H,15H2. The maximum atomic E-state index is 13.6. The zero-order chi connectivity index (χ0) is 20.1. The van der Waals surface area contributed by atoms with Crippen LogP contribution in [0.2, 0.25) is 0 Å². The van der Waals surface area contributed by atoms with Gasteiger partial charge in [-0.05, 0) is 34.9 Å². The van der Waals surface area contributed by atoms with E-state index in [1.807, 2.05) is 54.6 Å². The van der Waals surface area contributed by atoms with Crippen LogP contribution in [-0.4, -0.2) is 20.4 Å². The molecule has 0 radical (unpaired) electrons. The Labute approximate surface area is 169 Å². The number of allylic oxidation sites excluding steroid dienone is 2. The van der Waals surface area contributed by atoms with Crippen LogP contribution in [-0.2, 0) is 20.0 Å². The summed E-state index contributed by atoms with van der Waals surface area (Å²) in [6.07, 6.45) is 1.80. The lowest BCUT2D eigenvalue weighted by molar-refractivity contribution is -0.114. The van der Waals surface area contributed by atoms with Gasteiger partial charge in [0.15, 0.2) is 5.78 Å². The van der Waals surface area contributed by atoms with E-state index in [0.29, 0.717) is 5.57 Å². The van der Waals surface area contributed by atoms with E-state index in [9.17, 15) is 13.2 Å². The van der Waals surface area contributed by atoms with E-state index in [2.05, 4.69) is 4.99 Å². The third-order valence-electron chi connectivity index (χ3n) is 5.56. The molecule has 29 heavy (non-hydrogen) atoms. The Hall–Kier alpha value is -3.31. The van der Waals surface area contributed by atoms with E-state index in [-0.39, 0.29) is 22.0 Å². The Kier molecular flexibility index (Phi) is 3.89. The normalized spacial score (nSPS) is 20.5. The van der Waals surface area contributed by atoms with Crippen molar-refractivity contribution in [3.8, 4) is 0 Å². The smallest absolute Gasteiger partial charge is 0.210 e. The van der Waals surface area contributed by atoms with Gasteiger partial charge in [0.25, 0.3) is 0 Å². The summed E-state index contributed by atoms with van der Waals surface area (Å²) in [5, 5.41) is 0. The topological polar surface area (TPSA) is 63.6 Å². The maximum absolute atomic E-state index is 13.6. The molecule has 0 N–H and O–H groups in total. The van der Waals surface area contributed by atoms with Gasteiger partial charge in [0.2, 0.25) is 9.84 Å². The minimum absolute atomic E-state index is 0.0547. The highest BCUT2D eigenvalue weighted by atomic mass is 32.2. The summed E-state index contributed by atoms with van der Waals surface area (Å²) in [6, 6.07) is 25.0. The quantitative estimate of drug-likeness (QED) is 0.651. The first-order valence-electron chi connectivity index (χ1n) is 9.32. The van der Waals surface area contributed by atoms with E-state index in [0.717, 1.165) is 16.8 Å². The molecule has 0 saturated carbocycles. The SMILES string of the molecule is O=C1CC2(C=Nc3ccccc32)C(c2ccccc2)=C1S(=O)(=O)c1ccccc1. The molecule has 1 aliphatic carbocycles. The molecular weight excluding hydrogens is 382 g/mol. The molecule has 4 nitrogen and oxygen atoms in total. The highest BCUT2D eigenvalue weighted by molar-refractivity contribution is 7.96. The van der Waals surface area contributed by atoms with E-state index < -0.39 is 15.3 Å². The van der Waals surface area contributed by atoms with Crippen molar-refractivity contribution >= 4 is 33.1 Å². The summed E-state index contributed by atoms with van der Waals surface area (Å²) >= 11 is 0. The van der Waals surface area contributed by atoms with Gasteiger partial charge < -0.3 is 0 Å². The summed E-state index contributed by atoms with van der Waals surface area (Å²) in [4.78, 5) is 17.8. The molecule has 2 aliphatic rings. The number of benzene rings is 3. The van der Waals surface area contributed by atoms with E-state index in [1.54, 1.807) is 24.4 Å². The molecule has 1 spiro atoms. The van der Waals surface area contributed by atoms with Gasteiger partial charge >= 0.3 is 0 Å². The fourth-order valence-corrected chi connectivity index (χ4v) is 6.00. The first kappa shape index (κ1) is 17.8. The molecule has 142 valence electrons. The highest BCUT2D eigenvalue weighted by Gasteiger charge is 2.52. The van der Waals surface area contributed by atoms with Crippen molar-refractivity contribution in [2.45, 2.75) is 16.7 Å². The van der Waals surface area contributed by atoms with Gasteiger partial charge in [0.05, 0.1) is 16.0 Å². The second-order valence-electron chi connectivity index (χ2n) is 7.23. The lowest BCUT2D eigenvalue weighted by Gasteiger charge is -2.26. The van der Waals surface area contributed by atoms with Crippen molar-refractivity contribution in [2.75, 3.05) is 0 Å². The number of para-hydroxylation sites is 1. The molecule has 1 atom stereocenters. The summed E-state index contributed by atoms with van der Waals surface area (Å²) in [5.41, 5.74) is 2.00. The predicted molar refractivity (Wildman–Crippen MR) is 113 cm³/mol.